The highest BCUT2D eigenvalue weighted by Gasteiger charge is 2.29. The summed E-state index contributed by atoms with van der Waals surface area (Å²) in [6, 6.07) is 4.50. The van der Waals surface area contributed by atoms with E-state index in [4.69, 9.17) is 11.2 Å². The van der Waals surface area contributed by atoms with Gasteiger partial charge in [-0.1, -0.05) is 5.92 Å². The molecule has 7 heteroatoms. The number of hydrogen-bond acceptors (Lipinski definition) is 6. The Morgan fingerprint density at radius 3 is 2.60 bits per heavy atom. The van der Waals surface area contributed by atoms with Crippen LogP contribution in [0.3, 0.4) is 0 Å². The molecule has 2 fully saturated rings. The zero-order valence-corrected chi connectivity index (χ0v) is 17.8. The molecule has 1 aromatic rings. The number of aromatic nitrogens is 1. The van der Waals surface area contributed by atoms with Gasteiger partial charge in [0.05, 0.1) is 13.2 Å². The first-order valence-electron chi connectivity index (χ1n) is 10.9. The molecule has 0 aromatic carbocycles. The molecule has 1 saturated heterocycles. The van der Waals surface area contributed by atoms with Gasteiger partial charge in [0.1, 0.15) is 5.92 Å². The number of carbonyl (C=O) groups is 2. The van der Waals surface area contributed by atoms with Crippen molar-refractivity contribution < 1.29 is 14.3 Å². The Morgan fingerprint density at radius 1 is 1.30 bits per heavy atom. The molecule has 30 heavy (non-hydrogen) atoms. The fraction of sp³-hybridized carbons (Fsp3) is 0.609. The molecule has 1 aromatic heterocycles. The largest absolute Gasteiger partial charge is 0.465 e. The maximum absolute atomic E-state index is 12.9. The minimum Gasteiger partial charge on any atom is -0.465 e. The van der Waals surface area contributed by atoms with Crippen LogP contribution >= 0.6 is 0 Å². The molecular weight excluding hydrogens is 380 g/mol. The van der Waals surface area contributed by atoms with Gasteiger partial charge in [-0.2, -0.15) is 0 Å². The lowest BCUT2D eigenvalue weighted by Crippen LogP contribution is -2.46. The Bertz CT molecular complexity index is 737. The van der Waals surface area contributed by atoms with Gasteiger partial charge in [0.15, 0.2) is 0 Å². The topological polar surface area (TPSA) is 74.8 Å². The fourth-order valence-electron chi connectivity index (χ4n) is 3.81. The van der Waals surface area contributed by atoms with Crippen LogP contribution in [0.4, 0.5) is 5.69 Å². The zero-order chi connectivity index (χ0) is 21.3. The first-order valence-corrected chi connectivity index (χ1v) is 10.9. The van der Waals surface area contributed by atoms with E-state index >= 15 is 0 Å². The Balaban J connectivity index is 1.58. The molecule has 2 heterocycles. The number of hydrogen-bond donors (Lipinski definition) is 1. The Labute approximate surface area is 179 Å². The molecule has 2 aliphatic rings. The molecule has 1 saturated carbocycles. The number of rotatable bonds is 10. The van der Waals surface area contributed by atoms with Crippen LogP contribution in [-0.4, -0.2) is 67.1 Å². The summed E-state index contributed by atoms with van der Waals surface area (Å²) in [5, 5.41) is 3.28. The fourth-order valence-corrected chi connectivity index (χ4v) is 3.81. The molecule has 1 aliphatic carbocycles. The lowest BCUT2D eigenvalue weighted by Gasteiger charge is -2.36. The van der Waals surface area contributed by atoms with Gasteiger partial charge in [0.2, 0.25) is 5.91 Å². The summed E-state index contributed by atoms with van der Waals surface area (Å²) in [5.41, 5.74) is 1.18. The van der Waals surface area contributed by atoms with Crippen LogP contribution in [0.2, 0.25) is 0 Å². The van der Waals surface area contributed by atoms with Crippen molar-refractivity contribution in [3.63, 3.8) is 0 Å². The zero-order valence-electron chi connectivity index (χ0n) is 17.8. The highest BCUT2D eigenvalue weighted by atomic mass is 16.5. The average molecular weight is 413 g/mol. The van der Waals surface area contributed by atoms with Crippen molar-refractivity contribution in [1.82, 2.24) is 15.2 Å². The van der Waals surface area contributed by atoms with Crippen molar-refractivity contribution >= 4 is 17.6 Å². The van der Waals surface area contributed by atoms with Crippen molar-refractivity contribution in [2.75, 3.05) is 44.2 Å². The number of ether oxygens (including phenoxy) is 1. The van der Waals surface area contributed by atoms with Gasteiger partial charge < -0.3 is 19.9 Å². The number of esters is 1. The Morgan fingerprint density at radius 2 is 2.00 bits per heavy atom. The first-order chi connectivity index (χ1) is 14.6. The molecule has 0 unspecified atom stereocenters. The number of nitrogens with zero attached hydrogens (tertiary/aromatic N) is 3. The molecule has 0 bridgehead atoms. The minimum absolute atomic E-state index is 0.00279. The van der Waals surface area contributed by atoms with E-state index in [2.05, 4.69) is 21.1 Å². The molecular formula is C23H32N4O3. The smallest absolute Gasteiger partial charge is 0.322 e. The third-order valence-corrected chi connectivity index (χ3v) is 5.77. The van der Waals surface area contributed by atoms with Gasteiger partial charge in [0.25, 0.3) is 0 Å². The minimum atomic E-state index is -0.730. The van der Waals surface area contributed by atoms with Crippen LogP contribution in [0.25, 0.3) is 0 Å². The molecule has 1 N–H and O–H groups in total. The predicted octanol–water partition coefficient (Wildman–Crippen LogP) is 1.69. The summed E-state index contributed by atoms with van der Waals surface area (Å²) < 4.78 is 5.09. The van der Waals surface area contributed by atoms with Gasteiger partial charge in [-0.05, 0) is 50.7 Å². The second kappa shape index (κ2) is 11.0. The van der Waals surface area contributed by atoms with E-state index in [1.165, 1.54) is 5.69 Å². The molecule has 0 spiro atoms. The number of amides is 1. The summed E-state index contributed by atoms with van der Waals surface area (Å²) in [6.07, 6.45) is 13.4. The maximum Gasteiger partial charge on any atom is 0.322 e. The summed E-state index contributed by atoms with van der Waals surface area (Å²) in [6.45, 7) is 5.03. The van der Waals surface area contributed by atoms with E-state index in [1.54, 1.807) is 11.8 Å². The van der Waals surface area contributed by atoms with Crippen molar-refractivity contribution in [2.24, 2.45) is 11.8 Å². The lowest BCUT2D eigenvalue weighted by molar-refractivity contribution is -0.147. The maximum atomic E-state index is 12.9. The second-order valence-electron chi connectivity index (χ2n) is 8.06. The second-order valence-corrected chi connectivity index (χ2v) is 8.06. The van der Waals surface area contributed by atoms with E-state index in [0.29, 0.717) is 25.0 Å². The van der Waals surface area contributed by atoms with E-state index in [9.17, 15) is 9.59 Å². The van der Waals surface area contributed by atoms with Gasteiger partial charge in [-0.3, -0.25) is 14.6 Å². The van der Waals surface area contributed by atoms with Crippen LogP contribution < -0.4 is 10.2 Å². The lowest BCUT2D eigenvalue weighted by atomic mass is 9.95. The van der Waals surface area contributed by atoms with Crippen LogP contribution in [0.15, 0.2) is 24.5 Å². The number of pyridine rings is 1. The van der Waals surface area contributed by atoms with Crippen LogP contribution in [0, 0.1) is 24.2 Å². The number of anilines is 1. The number of piperidine rings is 1. The van der Waals surface area contributed by atoms with Gasteiger partial charge in [-0.15, -0.1) is 6.42 Å². The first kappa shape index (κ1) is 22.1. The van der Waals surface area contributed by atoms with Crippen molar-refractivity contribution in [1.29, 1.82) is 0 Å². The summed E-state index contributed by atoms with van der Waals surface area (Å²) in [5.74, 6) is 1.74. The van der Waals surface area contributed by atoms with Crippen molar-refractivity contribution in [3.05, 3.63) is 24.5 Å². The molecule has 7 nitrogen and oxygen atoms in total. The summed E-state index contributed by atoms with van der Waals surface area (Å²) >= 11 is 0. The van der Waals surface area contributed by atoms with Crippen LogP contribution in [0.1, 0.15) is 32.6 Å². The van der Waals surface area contributed by atoms with E-state index < -0.39 is 11.9 Å². The van der Waals surface area contributed by atoms with Crippen molar-refractivity contribution in [2.45, 2.75) is 38.6 Å². The van der Waals surface area contributed by atoms with E-state index in [-0.39, 0.29) is 19.1 Å². The van der Waals surface area contributed by atoms with Gasteiger partial charge >= 0.3 is 5.97 Å². The van der Waals surface area contributed by atoms with Crippen LogP contribution in [-0.2, 0) is 14.3 Å². The normalized spacial score (nSPS) is 17.8. The highest BCUT2D eigenvalue weighted by Crippen LogP contribution is 2.24. The average Bonchev–Trinajstić information content (AvgIpc) is 3.60. The highest BCUT2D eigenvalue weighted by molar-refractivity contribution is 5.80. The Hall–Kier alpha value is -2.59. The molecule has 0 radical (unpaired) electrons. The number of nitrogens with one attached hydrogen (secondary N) is 1. The predicted molar refractivity (Wildman–Crippen MR) is 116 cm³/mol. The monoisotopic (exact) mass is 412 g/mol. The number of terminal acetylenes is 1. The summed E-state index contributed by atoms with van der Waals surface area (Å²) in [4.78, 5) is 33.3. The SMILES string of the molecule is C#C[C@@H](CN(CC1CCN(c2ccncc2)CC1)C(=O)CNC1CC1)C(=O)OCC. The molecule has 1 atom stereocenters. The van der Waals surface area contributed by atoms with Crippen LogP contribution in [0.5, 0.6) is 0 Å². The molecule has 1 amide bonds. The molecule has 1 aliphatic heterocycles. The standard InChI is InChI=1S/C23H32N4O3/c1-3-19(23(29)30-4-2)17-27(22(28)15-25-20-5-6-20)16-18-9-13-26(14-10-18)21-7-11-24-12-8-21/h1,7-8,11-12,18-20,25H,4-6,9-10,13-17H2,2H3/t19-/m0/s1. The van der Waals surface area contributed by atoms with Crippen molar-refractivity contribution in [3.8, 4) is 12.3 Å². The molecule has 3 rings (SSSR count). The summed E-state index contributed by atoms with van der Waals surface area (Å²) in [7, 11) is 0. The van der Waals surface area contributed by atoms with Gasteiger partial charge in [-0.25, -0.2) is 0 Å². The van der Waals surface area contributed by atoms with Gasteiger partial charge in [0, 0.05) is 50.3 Å². The van der Waals surface area contributed by atoms with E-state index in [0.717, 1.165) is 38.8 Å². The molecule has 162 valence electrons. The third kappa shape index (κ3) is 6.46. The van der Waals surface area contributed by atoms with E-state index in [1.807, 2.05) is 24.5 Å². The number of carbonyl (C=O) groups excluding carboxylic acids is 2. The Kier molecular flexibility index (Phi) is 8.09. The third-order valence-electron chi connectivity index (χ3n) is 5.77. The quantitative estimate of drug-likeness (QED) is 0.466.